The number of hydrogen-bond donors (Lipinski definition) is 2. The van der Waals surface area contributed by atoms with Crippen LogP contribution in [0.5, 0.6) is 0 Å². The third-order valence-corrected chi connectivity index (χ3v) is 3.18. The number of hydrogen-bond acceptors (Lipinski definition) is 3. The summed E-state index contributed by atoms with van der Waals surface area (Å²) < 4.78 is 28.6. The van der Waals surface area contributed by atoms with Gasteiger partial charge in [-0.1, -0.05) is 6.07 Å². The van der Waals surface area contributed by atoms with E-state index in [4.69, 9.17) is 0 Å². The van der Waals surface area contributed by atoms with Gasteiger partial charge in [0.2, 0.25) is 0 Å². The minimum Gasteiger partial charge on any atom is -0.386 e. The Labute approximate surface area is 126 Å². The second kappa shape index (κ2) is 6.65. The predicted octanol–water partition coefficient (Wildman–Crippen LogP) is 2.21. The number of aliphatic hydroxyl groups is 1. The minimum atomic E-state index is -1.47. The van der Waals surface area contributed by atoms with E-state index in [0.717, 1.165) is 12.1 Å². The monoisotopic (exact) mass is 309 g/mol. The molecule has 0 saturated heterocycles. The van der Waals surface area contributed by atoms with Gasteiger partial charge in [0, 0.05) is 18.8 Å². The largest absolute Gasteiger partial charge is 0.386 e. The van der Waals surface area contributed by atoms with Gasteiger partial charge in [-0.05, 0) is 32.0 Å². The predicted molar refractivity (Wildman–Crippen MR) is 76.3 cm³/mol. The Kier molecular flexibility index (Phi) is 4.87. The lowest BCUT2D eigenvalue weighted by molar-refractivity contribution is 0.0899. The van der Waals surface area contributed by atoms with Gasteiger partial charge in [-0.2, -0.15) is 5.10 Å². The maximum absolute atomic E-state index is 13.5. The Morgan fingerprint density at radius 1 is 1.32 bits per heavy atom. The summed E-state index contributed by atoms with van der Waals surface area (Å²) in [5.41, 5.74) is -0.142. The van der Waals surface area contributed by atoms with Crippen LogP contribution in [-0.2, 0) is 0 Å². The first-order valence-corrected chi connectivity index (χ1v) is 6.85. The van der Waals surface area contributed by atoms with Crippen molar-refractivity contribution in [3.8, 4) is 0 Å². The van der Waals surface area contributed by atoms with Crippen LogP contribution in [0.3, 0.4) is 0 Å². The number of carbonyl (C=O) groups is 1. The van der Waals surface area contributed by atoms with Crippen LogP contribution >= 0.6 is 0 Å². The quantitative estimate of drug-likeness (QED) is 0.890. The third kappa shape index (κ3) is 3.30. The van der Waals surface area contributed by atoms with E-state index in [1.54, 1.807) is 0 Å². The lowest BCUT2D eigenvalue weighted by Gasteiger charge is -2.15. The lowest BCUT2D eigenvalue weighted by atomic mass is 10.1. The van der Waals surface area contributed by atoms with Gasteiger partial charge in [-0.3, -0.25) is 9.48 Å². The standard InChI is InChI=1S/C15H17F2N3O2/c1-9(2)20-12(6-7-19-20)15(22)18-8-13(21)14-10(16)4-3-5-11(14)17/h3-7,9,13,21H,8H2,1-2H3,(H,18,22). The average Bonchev–Trinajstić information content (AvgIpc) is 2.94. The molecule has 2 aromatic rings. The molecule has 2 N–H and O–H groups in total. The highest BCUT2D eigenvalue weighted by molar-refractivity contribution is 5.92. The van der Waals surface area contributed by atoms with Crippen molar-refractivity contribution in [1.82, 2.24) is 15.1 Å². The number of nitrogens with zero attached hydrogens (tertiary/aromatic N) is 2. The first-order valence-electron chi connectivity index (χ1n) is 6.85. The molecule has 22 heavy (non-hydrogen) atoms. The Bertz CT molecular complexity index is 650. The molecule has 1 heterocycles. The minimum absolute atomic E-state index is 0.00955. The molecule has 1 amide bonds. The van der Waals surface area contributed by atoms with Crippen molar-refractivity contribution in [2.45, 2.75) is 26.0 Å². The number of rotatable bonds is 5. The highest BCUT2D eigenvalue weighted by Gasteiger charge is 2.20. The van der Waals surface area contributed by atoms with E-state index in [1.807, 2.05) is 13.8 Å². The highest BCUT2D eigenvalue weighted by Crippen LogP contribution is 2.20. The summed E-state index contributed by atoms with van der Waals surface area (Å²) in [6.07, 6.45) is 0.0163. The van der Waals surface area contributed by atoms with Crippen LogP contribution in [0.2, 0.25) is 0 Å². The molecule has 0 spiro atoms. The van der Waals surface area contributed by atoms with Gasteiger partial charge in [-0.15, -0.1) is 0 Å². The van der Waals surface area contributed by atoms with E-state index in [-0.39, 0.29) is 12.6 Å². The fourth-order valence-electron chi connectivity index (χ4n) is 2.12. The van der Waals surface area contributed by atoms with Crippen molar-refractivity contribution in [3.05, 3.63) is 53.4 Å². The van der Waals surface area contributed by atoms with Gasteiger partial charge in [-0.25, -0.2) is 8.78 Å². The maximum Gasteiger partial charge on any atom is 0.269 e. The van der Waals surface area contributed by atoms with E-state index >= 15 is 0 Å². The lowest BCUT2D eigenvalue weighted by Crippen LogP contribution is -2.31. The first-order chi connectivity index (χ1) is 10.4. The smallest absolute Gasteiger partial charge is 0.269 e. The Morgan fingerprint density at radius 2 is 1.95 bits per heavy atom. The molecule has 1 aromatic heterocycles. The Morgan fingerprint density at radius 3 is 2.55 bits per heavy atom. The van der Waals surface area contributed by atoms with Crippen LogP contribution < -0.4 is 5.32 Å². The number of amides is 1. The number of aliphatic hydroxyl groups excluding tert-OH is 1. The van der Waals surface area contributed by atoms with Crippen LogP contribution in [0.25, 0.3) is 0 Å². The van der Waals surface area contributed by atoms with Gasteiger partial charge < -0.3 is 10.4 Å². The summed E-state index contributed by atoms with van der Waals surface area (Å²) in [6.45, 7) is 3.43. The van der Waals surface area contributed by atoms with Crippen molar-refractivity contribution in [3.63, 3.8) is 0 Å². The fourth-order valence-corrected chi connectivity index (χ4v) is 2.12. The second-order valence-electron chi connectivity index (χ2n) is 5.12. The summed E-state index contributed by atoms with van der Waals surface area (Å²) in [7, 11) is 0. The van der Waals surface area contributed by atoms with E-state index in [1.165, 1.54) is 23.0 Å². The summed E-state index contributed by atoms with van der Waals surface area (Å²) in [5.74, 6) is -2.18. The van der Waals surface area contributed by atoms with Crippen LogP contribution in [-0.4, -0.2) is 27.3 Å². The molecule has 0 radical (unpaired) electrons. The Balaban J connectivity index is 2.06. The van der Waals surface area contributed by atoms with Crippen molar-refractivity contribution < 1.29 is 18.7 Å². The number of aromatic nitrogens is 2. The molecule has 1 atom stereocenters. The molecule has 0 aliphatic rings. The molecule has 7 heteroatoms. The van der Waals surface area contributed by atoms with Crippen molar-refractivity contribution in [2.75, 3.05) is 6.54 Å². The zero-order chi connectivity index (χ0) is 16.3. The molecule has 0 aliphatic heterocycles. The molecule has 5 nitrogen and oxygen atoms in total. The van der Waals surface area contributed by atoms with E-state index < -0.39 is 29.2 Å². The van der Waals surface area contributed by atoms with E-state index in [2.05, 4.69) is 10.4 Å². The zero-order valence-electron chi connectivity index (χ0n) is 12.3. The highest BCUT2D eigenvalue weighted by atomic mass is 19.1. The second-order valence-corrected chi connectivity index (χ2v) is 5.12. The number of nitrogens with one attached hydrogen (secondary N) is 1. The van der Waals surface area contributed by atoms with E-state index in [0.29, 0.717) is 5.69 Å². The van der Waals surface area contributed by atoms with Crippen LogP contribution in [0.15, 0.2) is 30.5 Å². The summed E-state index contributed by atoms with van der Waals surface area (Å²) in [4.78, 5) is 12.1. The summed E-state index contributed by atoms with van der Waals surface area (Å²) in [5, 5.41) is 16.4. The van der Waals surface area contributed by atoms with Gasteiger partial charge in [0.1, 0.15) is 23.4 Å². The average molecular weight is 309 g/mol. The molecule has 1 aromatic carbocycles. The molecule has 118 valence electrons. The van der Waals surface area contributed by atoms with Gasteiger partial charge in [0.25, 0.3) is 5.91 Å². The van der Waals surface area contributed by atoms with Crippen LogP contribution in [0.1, 0.15) is 42.0 Å². The van der Waals surface area contributed by atoms with Crippen molar-refractivity contribution >= 4 is 5.91 Å². The summed E-state index contributed by atoms with van der Waals surface area (Å²) in [6, 6.07) is 4.84. The molecular weight excluding hydrogens is 292 g/mol. The van der Waals surface area contributed by atoms with Gasteiger partial charge in [0.15, 0.2) is 0 Å². The topological polar surface area (TPSA) is 67.2 Å². The molecule has 0 aliphatic carbocycles. The fraction of sp³-hybridized carbons (Fsp3) is 0.333. The number of halogens is 2. The first kappa shape index (κ1) is 16.1. The molecular formula is C15H17F2N3O2. The molecule has 0 saturated carbocycles. The van der Waals surface area contributed by atoms with Gasteiger partial charge >= 0.3 is 0 Å². The maximum atomic E-state index is 13.5. The van der Waals surface area contributed by atoms with E-state index in [9.17, 15) is 18.7 Å². The third-order valence-electron chi connectivity index (χ3n) is 3.18. The van der Waals surface area contributed by atoms with Crippen molar-refractivity contribution in [2.24, 2.45) is 0 Å². The SMILES string of the molecule is CC(C)n1nccc1C(=O)NCC(O)c1c(F)cccc1F. The Hall–Kier alpha value is -2.28. The zero-order valence-corrected chi connectivity index (χ0v) is 12.3. The molecule has 0 fully saturated rings. The van der Waals surface area contributed by atoms with Crippen LogP contribution in [0, 0.1) is 11.6 Å². The van der Waals surface area contributed by atoms with Crippen molar-refractivity contribution in [1.29, 1.82) is 0 Å². The van der Waals surface area contributed by atoms with Crippen LogP contribution in [0.4, 0.5) is 8.78 Å². The van der Waals surface area contributed by atoms with Gasteiger partial charge in [0.05, 0.1) is 5.56 Å². The molecule has 1 unspecified atom stereocenters. The molecule has 0 bridgehead atoms. The normalized spacial score (nSPS) is 12.5. The molecule has 2 rings (SSSR count). The number of benzene rings is 1. The number of carbonyl (C=O) groups excluding carboxylic acids is 1. The summed E-state index contributed by atoms with van der Waals surface area (Å²) >= 11 is 0.